The second-order valence-corrected chi connectivity index (χ2v) is 3.66. The highest BCUT2D eigenvalue weighted by Crippen LogP contribution is 2.21. The molecular weight excluding hydrogens is 252 g/mol. The molecule has 98 valence electrons. The second kappa shape index (κ2) is 4.84. The quantitative estimate of drug-likeness (QED) is 0.469. The first-order chi connectivity index (χ1) is 9.04. The van der Waals surface area contributed by atoms with Crippen molar-refractivity contribution in [2.24, 2.45) is 0 Å². The fourth-order valence-corrected chi connectivity index (χ4v) is 1.56. The van der Waals surface area contributed by atoms with Gasteiger partial charge in [0.05, 0.1) is 17.7 Å². The average molecular weight is 262 g/mol. The van der Waals surface area contributed by atoms with Crippen LogP contribution in [0, 0.1) is 17.0 Å². The van der Waals surface area contributed by atoms with Crippen molar-refractivity contribution >= 4 is 11.7 Å². The monoisotopic (exact) mass is 262 g/mol. The van der Waals surface area contributed by atoms with Crippen molar-refractivity contribution < 1.29 is 14.5 Å². The molecule has 0 unspecified atom stereocenters. The number of aryl methyl sites for hydroxylation is 1. The van der Waals surface area contributed by atoms with E-state index in [1.165, 1.54) is 19.2 Å². The molecule has 8 nitrogen and oxygen atoms in total. The number of aromatic nitrogens is 3. The van der Waals surface area contributed by atoms with Crippen molar-refractivity contribution in [2.45, 2.75) is 6.92 Å². The lowest BCUT2D eigenvalue weighted by Crippen LogP contribution is -2.06. The number of nitrogens with zero attached hydrogens (tertiary/aromatic N) is 4. The van der Waals surface area contributed by atoms with Crippen LogP contribution < -0.4 is 0 Å². The fraction of sp³-hybridized carbons (Fsp3) is 0.182. The molecule has 0 aliphatic heterocycles. The van der Waals surface area contributed by atoms with Gasteiger partial charge in [-0.05, 0) is 13.0 Å². The first-order valence-electron chi connectivity index (χ1n) is 5.30. The summed E-state index contributed by atoms with van der Waals surface area (Å²) in [6.07, 6.45) is 0. The van der Waals surface area contributed by atoms with Gasteiger partial charge in [-0.25, -0.2) is 4.79 Å². The smallest absolute Gasteiger partial charge is 0.360 e. The molecule has 0 saturated carbocycles. The summed E-state index contributed by atoms with van der Waals surface area (Å²) in [6.45, 7) is 1.57. The van der Waals surface area contributed by atoms with E-state index in [0.29, 0.717) is 5.69 Å². The first kappa shape index (κ1) is 12.7. The highest BCUT2D eigenvalue weighted by atomic mass is 16.6. The van der Waals surface area contributed by atoms with Gasteiger partial charge in [-0.3, -0.25) is 10.1 Å². The molecule has 2 rings (SSSR count). The Hall–Kier alpha value is -2.77. The SMILES string of the molecule is COC(=O)c1nn(-c2ccccc2[N+](=O)[O-])nc1C. The predicted molar refractivity (Wildman–Crippen MR) is 64.1 cm³/mol. The minimum Gasteiger partial charge on any atom is -0.464 e. The molecule has 0 amide bonds. The van der Waals surface area contributed by atoms with Gasteiger partial charge in [-0.2, -0.15) is 5.10 Å². The summed E-state index contributed by atoms with van der Waals surface area (Å²) in [5.41, 5.74) is 0.408. The van der Waals surface area contributed by atoms with E-state index in [2.05, 4.69) is 14.9 Å². The van der Waals surface area contributed by atoms with Crippen LogP contribution in [0.15, 0.2) is 24.3 Å². The van der Waals surface area contributed by atoms with Crippen molar-refractivity contribution in [3.05, 3.63) is 45.8 Å². The van der Waals surface area contributed by atoms with E-state index >= 15 is 0 Å². The molecule has 0 fully saturated rings. The summed E-state index contributed by atoms with van der Waals surface area (Å²) in [4.78, 5) is 22.9. The summed E-state index contributed by atoms with van der Waals surface area (Å²) in [5, 5.41) is 18.8. The van der Waals surface area contributed by atoms with Crippen molar-refractivity contribution in [2.75, 3.05) is 7.11 Å². The predicted octanol–water partition coefficient (Wildman–Crippen LogP) is 1.27. The van der Waals surface area contributed by atoms with Crippen LogP contribution in [0.3, 0.4) is 0 Å². The van der Waals surface area contributed by atoms with Crippen LogP contribution >= 0.6 is 0 Å². The Kier molecular flexibility index (Phi) is 3.23. The van der Waals surface area contributed by atoms with Gasteiger partial charge in [-0.15, -0.1) is 9.90 Å². The highest BCUT2D eigenvalue weighted by Gasteiger charge is 2.21. The standard InChI is InChI=1S/C11H10N4O4/c1-7-10(11(16)19-2)13-14(12-7)8-5-3-4-6-9(8)15(17)18/h3-6H,1-2H3. The molecule has 0 aliphatic rings. The molecule has 1 heterocycles. The van der Waals surface area contributed by atoms with E-state index in [4.69, 9.17) is 0 Å². The van der Waals surface area contributed by atoms with Crippen molar-refractivity contribution in [1.82, 2.24) is 15.0 Å². The summed E-state index contributed by atoms with van der Waals surface area (Å²) in [6, 6.07) is 6.00. The van der Waals surface area contributed by atoms with Gasteiger partial charge < -0.3 is 4.74 Å². The summed E-state index contributed by atoms with van der Waals surface area (Å²) >= 11 is 0. The Bertz CT molecular complexity index is 650. The van der Waals surface area contributed by atoms with E-state index in [9.17, 15) is 14.9 Å². The van der Waals surface area contributed by atoms with E-state index in [-0.39, 0.29) is 17.1 Å². The molecule has 0 N–H and O–H groups in total. The molecule has 1 aromatic heterocycles. The lowest BCUT2D eigenvalue weighted by Gasteiger charge is -2.00. The number of carbonyl (C=O) groups excluding carboxylic acids is 1. The number of esters is 1. The van der Waals surface area contributed by atoms with Gasteiger partial charge in [0.15, 0.2) is 11.4 Å². The molecule has 2 aromatic rings. The fourth-order valence-electron chi connectivity index (χ4n) is 1.56. The molecule has 1 aromatic carbocycles. The number of carbonyl (C=O) groups is 1. The highest BCUT2D eigenvalue weighted by molar-refractivity contribution is 5.88. The zero-order chi connectivity index (χ0) is 14.0. The minimum absolute atomic E-state index is 0.0284. The van der Waals surface area contributed by atoms with E-state index in [1.807, 2.05) is 0 Å². The number of rotatable bonds is 3. The topological polar surface area (TPSA) is 100 Å². The van der Waals surface area contributed by atoms with Crippen LogP contribution in [0.25, 0.3) is 5.69 Å². The maximum atomic E-state index is 11.4. The van der Waals surface area contributed by atoms with Gasteiger partial charge in [0, 0.05) is 6.07 Å². The van der Waals surface area contributed by atoms with Crippen LogP contribution in [-0.2, 0) is 4.74 Å². The second-order valence-electron chi connectivity index (χ2n) is 3.66. The first-order valence-corrected chi connectivity index (χ1v) is 5.30. The van der Waals surface area contributed by atoms with Crippen molar-refractivity contribution in [3.8, 4) is 5.69 Å². The van der Waals surface area contributed by atoms with Crippen LogP contribution in [0.2, 0.25) is 0 Å². The molecule has 0 spiro atoms. The molecule has 0 atom stereocenters. The van der Waals surface area contributed by atoms with E-state index < -0.39 is 10.9 Å². The summed E-state index contributed by atoms with van der Waals surface area (Å²) < 4.78 is 4.56. The molecule has 8 heteroatoms. The van der Waals surface area contributed by atoms with Gasteiger partial charge in [0.2, 0.25) is 0 Å². The van der Waals surface area contributed by atoms with E-state index in [0.717, 1.165) is 4.80 Å². The largest absolute Gasteiger partial charge is 0.464 e. The average Bonchev–Trinajstić information content (AvgIpc) is 2.79. The Morgan fingerprint density at radius 1 is 1.37 bits per heavy atom. The maximum absolute atomic E-state index is 11.4. The number of nitro benzene ring substituents is 1. The van der Waals surface area contributed by atoms with Gasteiger partial charge >= 0.3 is 5.97 Å². The number of ether oxygens (including phenoxy) is 1. The third kappa shape index (κ3) is 2.28. The lowest BCUT2D eigenvalue weighted by atomic mass is 10.3. The van der Waals surface area contributed by atoms with Crippen LogP contribution in [0.1, 0.15) is 16.2 Å². The lowest BCUT2D eigenvalue weighted by molar-refractivity contribution is -0.384. The third-order valence-electron chi connectivity index (χ3n) is 2.45. The maximum Gasteiger partial charge on any atom is 0.360 e. The van der Waals surface area contributed by atoms with Crippen molar-refractivity contribution in [1.29, 1.82) is 0 Å². The Morgan fingerprint density at radius 3 is 2.68 bits per heavy atom. The molecule has 19 heavy (non-hydrogen) atoms. The Morgan fingerprint density at radius 2 is 2.05 bits per heavy atom. The third-order valence-corrected chi connectivity index (χ3v) is 2.45. The van der Waals surface area contributed by atoms with Crippen molar-refractivity contribution in [3.63, 3.8) is 0 Å². The Labute approximate surface area is 107 Å². The number of hydrogen-bond donors (Lipinski definition) is 0. The number of benzene rings is 1. The Balaban J connectivity index is 2.55. The molecule has 0 aliphatic carbocycles. The molecule has 0 bridgehead atoms. The summed E-state index contributed by atoms with van der Waals surface area (Å²) in [5.74, 6) is -0.637. The molecule has 0 radical (unpaired) electrons. The number of methoxy groups -OCH3 is 1. The van der Waals surface area contributed by atoms with Gasteiger partial charge in [0.25, 0.3) is 5.69 Å². The zero-order valence-electron chi connectivity index (χ0n) is 10.2. The van der Waals surface area contributed by atoms with Gasteiger partial charge in [0.1, 0.15) is 0 Å². The number of hydrogen-bond acceptors (Lipinski definition) is 6. The molecular formula is C11H10N4O4. The van der Waals surface area contributed by atoms with E-state index in [1.54, 1.807) is 19.1 Å². The van der Waals surface area contributed by atoms with Crippen LogP contribution in [0.5, 0.6) is 0 Å². The minimum atomic E-state index is -0.637. The van der Waals surface area contributed by atoms with Crippen LogP contribution in [0.4, 0.5) is 5.69 Å². The number of nitro groups is 1. The summed E-state index contributed by atoms with van der Waals surface area (Å²) in [7, 11) is 1.23. The molecule has 0 saturated heterocycles. The normalized spacial score (nSPS) is 10.2. The van der Waals surface area contributed by atoms with Crippen LogP contribution in [-0.4, -0.2) is 33.0 Å². The zero-order valence-corrected chi connectivity index (χ0v) is 10.2. The van der Waals surface area contributed by atoms with Gasteiger partial charge in [-0.1, -0.05) is 12.1 Å². The number of para-hydroxylation sites is 2.